The quantitative estimate of drug-likeness (QED) is 0.659. The lowest BCUT2D eigenvalue weighted by molar-refractivity contribution is -0.116. The molecule has 0 heterocycles. The molecule has 0 fully saturated rings. The molecule has 0 rings (SSSR count). The van der Waals surface area contributed by atoms with E-state index in [-0.39, 0.29) is 5.91 Å². The number of hydrogen-bond acceptors (Lipinski definition) is 2. The SMILES string of the molecule is CCCNC(=O)C=CS(=O)CCC. The van der Waals surface area contributed by atoms with Crippen LogP contribution < -0.4 is 5.32 Å². The van der Waals surface area contributed by atoms with Gasteiger partial charge in [0, 0.05) is 34.6 Å². The molecule has 0 saturated heterocycles. The van der Waals surface area contributed by atoms with E-state index >= 15 is 0 Å². The smallest absolute Gasteiger partial charge is 0.244 e. The Morgan fingerprint density at radius 2 is 2.08 bits per heavy atom. The topological polar surface area (TPSA) is 46.2 Å². The van der Waals surface area contributed by atoms with Crippen molar-refractivity contribution in [2.75, 3.05) is 12.3 Å². The van der Waals surface area contributed by atoms with Gasteiger partial charge in [-0.1, -0.05) is 13.8 Å². The third-order valence-electron chi connectivity index (χ3n) is 1.33. The highest BCUT2D eigenvalue weighted by Gasteiger charge is 1.94. The van der Waals surface area contributed by atoms with E-state index < -0.39 is 10.8 Å². The van der Waals surface area contributed by atoms with Crippen LogP contribution in [0.25, 0.3) is 0 Å². The Hall–Kier alpha value is -0.640. The molecule has 0 bridgehead atoms. The van der Waals surface area contributed by atoms with Crippen molar-refractivity contribution in [3.63, 3.8) is 0 Å². The van der Waals surface area contributed by atoms with Gasteiger partial charge in [-0.2, -0.15) is 0 Å². The van der Waals surface area contributed by atoms with Gasteiger partial charge in [-0.15, -0.1) is 0 Å². The molecule has 1 atom stereocenters. The van der Waals surface area contributed by atoms with Crippen LogP contribution in [0.2, 0.25) is 0 Å². The fraction of sp³-hybridized carbons (Fsp3) is 0.667. The average Bonchev–Trinajstić information content (AvgIpc) is 2.12. The van der Waals surface area contributed by atoms with Crippen molar-refractivity contribution >= 4 is 16.7 Å². The van der Waals surface area contributed by atoms with Gasteiger partial charge in [0.05, 0.1) is 0 Å². The predicted molar refractivity (Wildman–Crippen MR) is 55.7 cm³/mol. The average molecular weight is 203 g/mol. The monoisotopic (exact) mass is 203 g/mol. The van der Waals surface area contributed by atoms with Gasteiger partial charge in [-0.3, -0.25) is 9.00 Å². The maximum Gasteiger partial charge on any atom is 0.244 e. The fourth-order valence-corrected chi connectivity index (χ4v) is 1.53. The minimum absolute atomic E-state index is 0.161. The van der Waals surface area contributed by atoms with Gasteiger partial charge in [0.1, 0.15) is 0 Å². The molecule has 1 amide bonds. The van der Waals surface area contributed by atoms with E-state index in [0.29, 0.717) is 12.3 Å². The molecule has 0 aliphatic heterocycles. The van der Waals surface area contributed by atoms with Crippen molar-refractivity contribution in [3.05, 3.63) is 11.5 Å². The Kier molecular flexibility index (Phi) is 7.59. The highest BCUT2D eigenvalue weighted by Crippen LogP contribution is 1.88. The summed E-state index contributed by atoms with van der Waals surface area (Å²) in [5.41, 5.74) is 0. The lowest BCUT2D eigenvalue weighted by atomic mass is 10.4. The molecular formula is C9H17NO2S. The second kappa shape index (κ2) is 7.98. The summed E-state index contributed by atoms with van der Waals surface area (Å²) in [7, 11) is -0.988. The van der Waals surface area contributed by atoms with E-state index in [1.165, 1.54) is 11.5 Å². The van der Waals surface area contributed by atoms with E-state index in [4.69, 9.17) is 0 Å². The van der Waals surface area contributed by atoms with E-state index in [1.54, 1.807) is 0 Å². The summed E-state index contributed by atoms with van der Waals surface area (Å²) in [5.74, 6) is 0.462. The zero-order valence-electron chi connectivity index (χ0n) is 8.21. The Labute approximate surface area is 82.1 Å². The van der Waals surface area contributed by atoms with Crippen LogP contribution in [-0.2, 0) is 15.6 Å². The van der Waals surface area contributed by atoms with Gasteiger partial charge in [0.2, 0.25) is 5.91 Å². The van der Waals surface area contributed by atoms with Crippen molar-refractivity contribution < 1.29 is 9.00 Å². The van der Waals surface area contributed by atoms with Crippen LogP contribution in [-0.4, -0.2) is 22.4 Å². The maximum absolute atomic E-state index is 11.1. The van der Waals surface area contributed by atoms with Crippen molar-refractivity contribution in [1.29, 1.82) is 0 Å². The zero-order chi connectivity index (χ0) is 10.1. The molecule has 0 aromatic rings. The van der Waals surface area contributed by atoms with Gasteiger partial charge in [-0.25, -0.2) is 0 Å². The number of rotatable bonds is 6. The van der Waals surface area contributed by atoms with E-state index in [1.807, 2.05) is 13.8 Å². The zero-order valence-corrected chi connectivity index (χ0v) is 9.02. The van der Waals surface area contributed by atoms with Crippen LogP contribution in [0.1, 0.15) is 26.7 Å². The summed E-state index contributed by atoms with van der Waals surface area (Å²) in [5, 5.41) is 4.12. The van der Waals surface area contributed by atoms with Crippen molar-refractivity contribution in [2.24, 2.45) is 0 Å². The third kappa shape index (κ3) is 7.71. The normalized spacial score (nSPS) is 13.1. The highest BCUT2D eigenvalue weighted by molar-refractivity contribution is 7.87. The van der Waals surface area contributed by atoms with E-state index in [2.05, 4.69) is 5.32 Å². The first-order valence-corrected chi connectivity index (χ1v) is 5.92. The van der Waals surface area contributed by atoms with Crippen molar-refractivity contribution in [1.82, 2.24) is 5.32 Å². The molecule has 1 N–H and O–H groups in total. The van der Waals surface area contributed by atoms with Crippen LogP contribution in [0.15, 0.2) is 11.5 Å². The summed E-state index contributed by atoms with van der Waals surface area (Å²) in [4.78, 5) is 11.0. The molecule has 13 heavy (non-hydrogen) atoms. The molecule has 0 saturated carbocycles. The first-order valence-electron chi connectivity index (χ1n) is 4.53. The van der Waals surface area contributed by atoms with Gasteiger partial charge in [0.15, 0.2) is 0 Å². The molecule has 0 aliphatic rings. The first-order chi connectivity index (χ1) is 6.20. The maximum atomic E-state index is 11.1. The van der Waals surface area contributed by atoms with Crippen molar-refractivity contribution in [3.8, 4) is 0 Å². The molecule has 0 aromatic carbocycles. The van der Waals surface area contributed by atoms with E-state index in [0.717, 1.165) is 12.8 Å². The lowest BCUT2D eigenvalue weighted by Crippen LogP contribution is -2.21. The number of hydrogen-bond donors (Lipinski definition) is 1. The van der Waals surface area contributed by atoms with Crippen LogP contribution >= 0.6 is 0 Å². The Morgan fingerprint density at radius 3 is 2.62 bits per heavy atom. The number of carbonyl (C=O) groups is 1. The summed E-state index contributed by atoms with van der Waals surface area (Å²) >= 11 is 0. The molecule has 3 nitrogen and oxygen atoms in total. The molecule has 1 unspecified atom stereocenters. The summed E-state index contributed by atoms with van der Waals surface area (Å²) in [6, 6.07) is 0. The molecule has 0 radical (unpaired) electrons. The second-order valence-corrected chi connectivity index (χ2v) is 4.12. The first kappa shape index (κ1) is 12.4. The Balaban J connectivity index is 3.69. The molecule has 76 valence electrons. The van der Waals surface area contributed by atoms with E-state index in [9.17, 15) is 9.00 Å². The van der Waals surface area contributed by atoms with Gasteiger partial charge < -0.3 is 5.32 Å². The van der Waals surface area contributed by atoms with Crippen molar-refractivity contribution in [2.45, 2.75) is 26.7 Å². The lowest BCUT2D eigenvalue weighted by Gasteiger charge is -1.96. The minimum atomic E-state index is -0.988. The third-order valence-corrected chi connectivity index (χ3v) is 2.58. The van der Waals surface area contributed by atoms with Gasteiger partial charge in [0.25, 0.3) is 0 Å². The number of amides is 1. The summed E-state index contributed by atoms with van der Waals surface area (Å²) < 4.78 is 11.1. The molecular weight excluding hydrogens is 186 g/mol. The number of carbonyl (C=O) groups excluding carboxylic acids is 1. The molecule has 0 aliphatic carbocycles. The van der Waals surface area contributed by atoms with Crippen LogP contribution in [0.3, 0.4) is 0 Å². The summed E-state index contributed by atoms with van der Waals surface area (Å²) in [6.07, 6.45) is 3.13. The second-order valence-electron chi connectivity index (χ2n) is 2.68. The van der Waals surface area contributed by atoms with Gasteiger partial charge >= 0.3 is 0 Å². The van der Waals surface area contributed by atoms with Crippen LogP contribution in [0.4, 0.5) is 0 Å². The summed E-state index contributed by atoms with van der Waals surface area (Å²) in [6.45, 7) is 4.62. The molecule has 0 spiro atoms. The fourth-order valence-electron chi connectivity index (χ4n) is 0.714. The number of nitrogens with one attached hydrogen (secondary N) is 1. The highest BCUT2D eigenvalue weighted by atomic mass is 32.2. The largest absolute Gasteiger partial charge is 0.353 e. The standard InChI is InChI=1S/C9H17NO2S/c1-3-6-10-9(11)5-8-13(12)7-4-2/h5,8H,3-4,6-7H2,1-2H3,(H,10,11). The Bertz CT molecular complexity index is 202. The molecule has 0 aromatic heterocycles. The minimum Gasteiger partial charge on any atom is -0.353 e. The van der Waals surface area contributed by atoms with Crippen LogP contribution in [0, 0.1) is 0 Å². The molecule has 4 heteroatoms. The Morgan fingerprint density at radius 1 is 1.38 bits per heavy atom. The van der Waals surface area contributed by atoms with Crippen LogP contribution in [0.5, 0.6) is 0 Å². The predicted octanol–water partition coefficient (Wildman–Crippen LogP) is 1.18. The van der Waals surface area contributed by atoms with Gasteiger partial charge in [-0.05, 0) is 12.8 Å².